The Labute approximate surface area is 155 Å². The molecule has 1 aliphatic rings. The summed E-state index contributed by atoms with van der Waals surface area (Å²) < 4.78 is 3.82. The van der Waals surface area contributed by atoms with Gasteiger partial charge in [0, 0.05) is 11.8 Å². The summed E-state index contributed by atoms with van der Waals surface area (Å²) in [5.74, 6) is 0.964. The first-order valence-corrected chi connectivity index (χ1v) is 9.71. The van der Waals surface area contributed by atoms with Crippen molar-refractivity contribution >= 4 is 23.5 Å². The Balaban J connectivity index is 1.39. The van der Waals surface area contributed by atoms with Gasteiger partial charge in [-0.3, -0.25) is 9.36 Å². The average molecular weight is 368 g/mol. The van der Waals surface area contributed by atoms with Crippen molar-refractivity contribution in [3.05, 3.63) is 48.9 Å². The highest BCUT2D eigenvalue weighted by molar-refractivity contribution is 7.99. The second-order valence-corrected chi connectivity index (χ2v) is 7.20. The van der Waals surface area contributed by atoms with Crippen molar-refractivity contribution in [1.82, 2.24) is 24.5 Å². The maximum atomic E-state index is 12.4. The summed E-state index contributed by atoms with van der Waals surface area (Å²) in [6.07, 6.45) is 8.10. The van der Waals surface area contributed by atoms with Gasteiger partial charge in [0.1, 0.15) is 12.1 Å². The first-order valence-electron chi connectivity index (χ1n) is 8.73. The largest absolute Gasteiger partial charge is 0.310 e. The highest BCUT2D eigenvalue weighted by atomic mass is 32.2. The highest BCUT2D eigenvalue weighted by Gasteiger charge is 2.20. The van der Waals surface area contributed by atoms with Crippen LogP contribution < -0.4 is 5.32 Å². The van der Waals surface area contributed by atoms with Crippen LogP contribution in [0.5, 0.6) is 0 Å². The quantitative estimate of drug-likeness (QED) is 0.676. The first kappa shape index (κ1) is 16.8. The third kappa shape index (κ3) is 3.65. The molecule has 134 valence electrons. The summed E-state index contributed by atoms with van der Waals surface area (Å²) in [6.45, 7) is 0. The van der Waals surface area contributed by atoms with Gasteiger partial charge in [0.15, 0.2) is 5.16 Å². The van der Waals surface area contributed by atoms with Crippen LogP contribution >= 0.6 is 11.8 Å². The lowest BCUT2D eigenvalue weighted by Crippen LogP contribution is -2.19. The second kappa shape index (κ2) is 7.74. The van der Waals surface area contributed by atoms with Crippen molar-refractivity contribution in [3.63, 3.8) is 0 Å². The van der Waals surface area contributed by atoms with Crippen molar-refractivity contribution in [1.29, 1.82) is 0 Å². The Hall–Kier alpha value is -2.61. The Morgan fingerprint density at radius 3 is 2.81 bits per heavy atom. The number of thioether (sulfide) groups is 1. The Morgan fingerprint density at radius 2 is 2.00 bits per heavy atom. The van der Waals surface area contributed by atoms with E-state index in [2.05, 4.69) is 20.6 Å². The summed E-state index contributed by atoms with van der Waals surface area (Å²) in [5, 5.41) is 16.1. The van der Waals surface area contributed by atoms with Crippen LogP contribution in [0, 0.1) is 0 Å². The molecule has 26 heavy (non-hydrogen) atoms. The van der Waals surface area contributed by atoms with Gasteiger partial charge in [-0.2, -0.15) is 5.10 Å². The van der Waals surface area contributed by atoms with Crippen LogP contribution in [0.25, 0.3) is 5.69 Å². The molecule has 0 saturated heterocycles. The molecule has 1 amide bonds. The predicted molar refractivity (Wildman–Crippen MR) is 100 cm³/mol. The van der Waals surface area contributed by atoms with Crippen LogP contribution in [0.3, 0.4) is 0 Å². The van der Waals surface area contributed by atoms with Gasteiger partial charge < -0.3 is 5.32 Å². The summed E-state index contributed by atoms with van der Waals surface area (Å²) >= 11 is 1.36. The molecule has 0 aliphatic heterocycles. The number of benzene rings is 1. The van der Waals surface area contributed by atoms with E-state index >= 15 is 0 Å². The summed E-state index contributed by atoms with van der Waals surface area (Å²) in [6, 6.07) is 12.1. The van der Waals surface area contributed by atoms with Gasteiger partial charge in [-0.1, -0.05) is 42.8 Å². The van der Waals surface area contributed by atoms with E-state index in [-0.39, 0.29) is 11.7 Å². The van der Waals surface area contributed by atoms with Crippen LogP contribution in [-0.4, -0.2) is 36.2 Å². The number of carbonyl (C=O) groups is 1. The Morgan fingerprint density at radius 1 is 1.19 bits per heavy atom. The molecule has 0 unspecified atom stereocenters. The van der Waals surface area contributed by atoms with Crippen molar-refractivity contribution in [3.8, 4) is 5.69 Å². The number of nitrogens with one attached hydrogen (secondary N) is 1. The van der Waals surface area contributed by atoms with E-state index in [9.17, 15) is 4.79 Å². The number of para-hydroxylation sites is 1. The maximum absolute atomic E-state index is 12.4. The molecule has 1 aliphatic carbocycles. The van der Waals surface area contributed by atoms with Gasteiger partial charge in [-0.05, 0) is 25.0 Å². The van der Waals surface area contributed by atoms with E-state index in [0.29, 0.717) is 11.2 Å². The standard InChI is InChI=1S/C18H20N6OS/c25-17(21-16-10-11-20-24(16)15-8-4-5-9-15)12-26-18-22-19-13-23(18)14-6-2-1-3-7-14/h1-3,6-7,10-11,13,15H,4-5,8-9,12H2,(H,21,25). The monoisotopic (exact) mass is 368 g/mol. The SMILES string of the molecule is O=C(CSc1nncn1-c1ccccc1)Nc1ccnn1C1CCCC1. The molecule has 4 rings (SSSR count). The normalized spacial score (nSPS) is 14.6. The molecule has 0 spiro atoms. The Kier molecular flexibility index (Phi) is 5.01. The topological polar surface area (TPSA) is 77.6 Å². The highest BCUT2D eigenvalue weighted by Crippen LogP contribution is 2.31. The number of anilines is 1. The van der Waals surface area contributed by atoms with Gasteiger partial charge in [0.25, 0.3) is 0 Å². The lowest BCUT2D eigenvalue weighted by molar-refractivity contribution is -0.113. The smallest absolute Gasteiger partial charge is 0.235 e. The van der Waals surface area contributed by atoms with E-state index in [4.69, 9.17) is 0 Å². The van der Waals surface area contributed by atoms with E-state index in [1.807, 2.05) is 45.6 Å². The fourth-order valence-electron chi connectivity index (χ4n) is 3.25. The van der Waals surface area contributed by atoms with Crippen molar-refractivity contribution in [2.75, 3.05) is 11.1 Å². The van der Waals surface area contributed by atoms with Crippen molar-refractivity contribution in [2.45, 2.75) is 36.9 Å². The third-order valence-corrected chi connectivity index (χ3v) is 5.43. The lowest BCUT2D eigenvalue weighted by Gasteiger charge is -2.14. The molecule has 1 aromatic carbocycles. The molecule has 0 bridgehead atoms. The molecule has 1 fully saturated rings. The van der Waals surface area contributed by atoms with Crippen molar-refractivity contribution in [2.24, 2.45) is 0 Å². The molecular weight excluding hydrogens is 348 g/mol. The van der Waals surface area contributed by atoms with Gasteiger partial charge in [-0.15, -0.1) is 10.2 Å². The number of hydrogen-bond donors (Lipinski definition) is 1. The zero-order valence-electron chi connectivity index (χ0n) is 14.3. The number of hydrogen-bond acceptors (Lipinski definition) is 5. The molecule has 2 aromatic heterocycles. The minimum atomic E-state index is -0.0719. The summed E-state index contributed by atoms with van der Waals surface area (Å²) in [5.41, 5.74) is 0.972. The maximum Gasteiger partial charge on any atom is 0.235 e. The lowest BCUT2D eigenvalue weighted by atomic mass is 10.2. The number of amides is 1. The molecular formula is C18H20N6OS. The number of aromatic nitrogens is 5. The fourth-order valence-corrected chi connectivity index (χ4v) is 3.98. The first-order chi connectivity index (χ1) is 12.8. The molecule has 7 nitrogen and oxygen atoms in total. The second-order valence-electron chi connectivity index (χ2n) is 6.26. The van der Waals surface area contributed by atoms with E-state index in [1.54, 1.807) is 12.5 Å². The predicted octanol–water partition coefficient (Wildman–Crippen LogP) is 3.31. The molecule has 1 saturated carbocycles. The van der Waals surface area contributed by atoms with Crippen LogP contribution in [0.4, 0.5) is 5.82 Å². The zero-order valence-corrected chi connectivity index (χ0v) is 15.1. The van der Waals surface area contributed by atoms with E-state index in [1.165, 1.54) is 24.6 Å². The fraction of sp³-hybridized carbons (Fsp3) is 0.333. The zero-order chi connectivity index (χ0) is 17.8. The van der Waals surface area contributed by atoms with Crippen LogP contribution in [-0.2, 0) is 4.79 Å². The summed E-state index contributed by atoms with van der Waals surface area (Å²) in [4.78, 5) is 12.4. The number of rotatable bonds is 6. The average Bonchev–Trinajstić information content (AvgIpc) is 3.41. The minimum Gasteiger partial charge on any atom is -0.310 e. The van der Waals surface area contributed by atoms with Crippen LogP contribution in [0.2, 0.25) is 0 Å². The molecule has 3 aromatic rings. The van der Waals surface area contributed by atoms with E-state index < -0.39 is 0 Å². The molecule has 8 heteroatoms. The number of nitrogens with zero attached hydrogens (tertiary/aromatic N) is 5. The summed E-state index contributed by atoms with van der Waals surface area (Å²) in [7, 11) is 0. The molecule has 2 heterocycles. The van der Waals surface area contributed by atoms with Gasteiger partial charge >= 0.3 is 0 Å². The Bertz CT molecular complexity index is 869. The van der Waals surface area contributed by atoms with Gasteiger partial charge in [0.2, 0.25) is 5.91 Å². The molecule has 0 atom stereocenters. The van der Waals surface area contributed by atoms with Gasteiger partial charge in [0.05, 0.1) is 18.0 Å². The molecule has 1 N–H and O–H groups in total. The van der Waals surface area contributed by atoms with Crippen molar-refractivity contribution < 1.29 is 4.79 Å². The van der Waals surface area contributed by atoms with Gasteiger partial charge in [-0.25, -0.2) is 4.68 Å². The van der Waals surface area contributed by atoms with Crippen LogP contribution in [0.15, 0.2) is 54.1 Å². The van der Waals surface area contributed by atoms with Crippen LogP contribution in [0.1, 0.15) is 31.7 Å². The number of carbonyl (C=O) groups excluding carboxylic acids is 1. The minimum absolute atomic E-state index is 0.0719. The van der Waals surface area contributed by atoms with E-state index in [0.717, 1.165) is 24.3 Å². The molecule has 0 radical (unpaired) electrons. The third-order valence-electron chi connectivity index (χ3n) is 4.49.